The molecule has 0 bridgehead atoms. The lowest BCUT2D eigenvalue weighted by Gasteiger charge is -2.29. The largest absolute Gasteiger partial charge is 0.312 e. The highest BCUT2D eigenvalue weighted by Gasteiger charge is 2.27. The van der Waals surface area contributed by atoms with Gasteiger partial charge in [0, 0.05) is 30.4 Å². The van der Waals surface area contributed by atoms with Crippen molar-refractivity contribution < 1.29 is 8.42 Å². The fourth-order valence-electron chi connectivity index (χ4n) is 2.15. The maximum absolute atomic E-state index is 12.4. The van der Waals surface area contributed by atoms with E-state index in [1.807, 2.05) is 6.92 Å². The maximum Gasteiger partial charge on any atom is 0.243 e. The van der Waals surface area contributed by atoms with Crippen LogP contribution in [-0.4, -0.2) is 32.9 Å². The zero-order chi connectivity index (χ0) is 13.9. The van der Waals surface area contributed by atoms with Gasteiger partial charge < -0.3 is 5.32 Å². The summed E-state index contributed by atoms with van der Waals surface area (Å²) in [5, 5.41) is 4.96. The quantitative estimate of drug-likeness (QED) is 0.840. The summed E-state index contributed by atoms with van der Waals surface area (Å²) in [4.78, 5) is 1.50. The van der Waals surface area contributed by atoms with Gasteiger partial charge in [-0.2, -0.15) is 0 Å². The third-order valence-corrected chi connectivity index (χ3v) is 6.51. The Balaban J connectivity index is 2.02. The van der Waals surface area contributed by atoms with Crippen molar-refractivity contribution >= 4 is 21.4 Å². The first kappa shape index (κ1) is 15.0. The molecule has 0 aromatic carbocycles. The average Bonchev–Trinajstić information content (AvgIpc) is 2.80. The van der Waals surface area contributed by atoms with Crippen molar-refractivity contribution in [2.24, 2.45) is 5.92 Å². The van der Waals surface area contributed by atoms with E-state index in [-0.39, 0.29) is 0 Å². The van der Waals surface area contributed by atoms with Crippen LogP contribution in [-0.2, 0) is 16.6 Å². The van der Waals surface area contributed by atoms with Crippen LogP contribution in [0.15, 0.2) is 16.3 Å². The maximum atomic E-state index is 12.4. The Morgan fingerprint density at radius 2 is 2.21 bits per heavy atom. The van der Waals surface area contributed by atoms with Gasteiger partial charge in [-0.05, 0) is 31.4 Å². The first-order valence-corrected chi connectivity index (χ1v) is 9.10. The molecular weight excluding hydrogens is 280 g/mol. The van der Waals surface area contributed by atoms with E-state index in [0.717, 1.165) is 30.8 Å². The van der Waals surface area contributed by atoms with Crippen molar-refractivity contribution in [2.75, 3.05) is 20.1 Å². The number of nitrogens with one attached hydrogen (secondary N) is 1. The van der Waals surface area contributed by atoms with Gasteiger partial charge in [0.05, 0.1) is 4.90 Å². The van der Waals surface area contributed by atoms with Crippen LogP contribution in [0.3, 0.4) is 0 Å². The van der Waals surface area contributed by atoms with Crippen molar-refractivity contribution in [1.29, 1.82) is 0 Å². The molecule has 4 nitrogen and oxygen atoms in total. The van der Waals surface area contributed by atoms with Gasteiger partial charge in [-0.3, -0.25) is 0 Å². The Morgan fingerprint density at radius 3 is 2.79 bits per heavy atom. The normalized spacial score (nSPS) is 16.8. The molecule has 0 aliphatic heterocycles. The number of rotatable bonds is 7. The molecule has 1 fully saturated rings. The van der Waals surface area contributed by atoms with Crippen molar-refractivity contribution in [3.8, 4) is 0 Å². The predicted molar refractivity (Wildman–Crippen MR) is 78.9 cm³/mol. The predicted octanol–water partition coefficient (Wildman–Crippen LogP) is 2.28. The number of nitrogens with zero attached hydrogens (tertiary/aromatic N) is 1. The fraction of sp³-hybridized carbons (Fsp3) is 0.692. The van der Waals surface area contributed by atoms with Gasteiger partial charge in [0.15, 0.2) is 0 Å². The lowest BCUT2D eigenvalue weighted by atomic mass is 9.86. The highest BCUT2D eigenvalue weighted by atomic mass is 32.2. The van der Waals surface area contributed by atoms with E-state index in [9.17, 15) is 8.42 Å². The van der Waals surface area contributed by atoms with E-state index in [0.29, 0.717) is 17.4 Å². The second kappa shape index (κ2) is 6.35. The Bertz CT molecular complexity index is 506. The summed E-state index contributed by atoms with van der Waals surface area (Å²) in [5.41, 5.74) is 0. The average molecular weight is 302 g/mol. The molecule has 108 valence electrons. The minimum atomic E-state index is -3.30. The third kappa shape index (κ3) is 3.56. The SMILES string of the molecule is CCNCc1cc(S(=O)(=O)N(C)CC2CCC2)cs1. The first-order valence-electron chi connectivity index (χ1n) is 6.78. The topological polar surface area (TPSA) is 49.4 Å². The van der Waals surface area contributed by atoms with Crippen LogP contribution < -0.4 is 5.32 Å². The molecule has 1 aliphatic rings. The highest BCUT2D eigenvalue weighted by Crippen LogP contribution is 2.29. The van der Waals surface area contributed by atoms with Crippen LogP contribution >= 0.6 is 11.3 Å². The standard InChI is InChI=1S/C13H22N2O2S2/c1-3-14-8-12-7-13(10-18-12)19(16,17)15(2)9-11-5-4-6-11/h7,10-11,14H,3-6,8-9H2,1-2H3. The lowest BCUT2D eigenvalue weighted by Crippen LogP contribution is -2.34. The minimum absolute atomic E-state index is 0.437. The van der Waals surface area contributed by atoms with Crippen LogP contribution in [0.2, 0.25) is 0 Å². The molecule has 1 N–H and O–H groups in total. The summed E-state index contributed by atoms with van der Waals surface area (Å²) >= 11 is 1.50. The summed E-state index contributed by atoms with van der Waals surface area (Å²) in [6.07, 6.45) is 3.56. The van der Waals surface area contributed by atoms with E-state index >= 15 is 0 Å². The van der Waals surface area contributed by atoms with E-state index in [2.05, 4.69) is 5.32 Å². The molecule has 1 aromatic heterocycles. The van der Waals surface area contributed by atoms with E-state index in [1.54, 1.807) is 18.5 Å². The molecule has 6 heteroatoms. The summed E-state index contributed by atoms with van der Waals surface area (Å²) < 4.78 is 26.3. The molecule has 2 rings (SSSR count). The Labute approximate surface area is 119 Å². The van der Waals surface area contributed by atoms with Gasteiger partial charge in [-0.1, -0.05) is 13.3 Å². The zero-order valence-electron chi connectivity index (χ0n) is 11.6. The highest BCUT2D eigenvalue weighted by molar-refractivity contribution is 7.89. The van der Waals surface area contributed by atoms with Gasteiger partial charge in [0.25, 0.3) is 0 Å². The van der Waals surface area contributed by atoms with Crippen LogP contribution in [0.25, 0.3) is 0 Å². The molecule has 19 heavy (non-hydrogen) atoms. The monoisotopic (exact) mass is 302 g/mol. The van der Waals surface area contributed by atoms with E-state index < -0.39 is 10.0 Å². The van der Waals surface area contributed by atoms with Crippen LogP contribution in [0.4, 0.5) is 0 Å². The molecule has 0 amide bonds. The van der Waals surface area contributed by atoms with E-state index in [4.69, 9.17) is 0 Å². The molecular formula is C13H22N2O2S2. The number of thiophene rings is 1. The summed E-state index contributed by atoms with van der Waals surface area (Å²) in [6, 6.07) is 1.79. The third-order valence-electron chi connectivity index (χ3n) is 3.63. The molecule has 1 aliphatic carbocycles. The smallest absolute Gasteiger partial charge is 0.243 e. The zero-order valence-corrected chi connectivity index (χ0v) is 13.2. The number of hydrogen-bond donors (Lipinski definition) is 1. The summed E-state index contributed by atoms with van der Waals surface area (Å²) in [6.45, 7) is 4.32. The molecule has 0 saturated heterocycles. The van der Waals surface area contributed by atoms with Gasteiger partial charge in [0.2, 0.25) is 10.0 Å². The Morgan fingerprint density at radius 1 is 1.47 bits per heavy atom. The molecule has 1 saturated carbocycles. The van der Waals surface area contributed by atoms with Crippen LogP contribution in [0, 0.1) is 5.92 Å². The molecule has 1 heterocycles. The molecule has 0 atom stereocenters. The summed E-state index contributed by atoms with van der Waals surface area (Å²) in [5.74, 6) is 0.555. The van der Waals surface area contributed by atoms with Crippen molar-refractivity contribution in [2.45, 2.75) is 37.6 Å². The lowest BCUT2D eigenvalue weighted by molar-refractivity contribution is 0.263. The number of sulfonamides is 1. The molecule has 0 unspecified atom stereocenters. The Hall–Kier alpha value is -0.430. The van der Waals surface area contributed by atoms with Gasteiger partial charge in [-0.25, -0.2) is 12.7 Å². The van der Waals surface area contributed by atoms with Gasteiger partial charge >= 0.3 is 0 Å². The fourth-order valence-corrected chi connectivity index (χ4v) is 4.63. The minimum Gasteiger partial charge on any atom is -0.312 e. The molecule has 0 spiro atoms. The molecule has 0 radical (unpaired) electrons. The van der Waals surface area contributed by atoms with Crippen LogP contribution in [0.5, 0.6) is 0 Å². The molecule has 1 aromatic rings. The summed E-state index contributed by atoms with van der Waals surface area (Å²) in [7, 11) is -1.61. The van der Waals surface area contributed by atoms with Crippen molar-refractivity contribution in [3.05, 3.63) is 16.3 Å². The second-order valence-corrected chi connectivity index (χ2v) is 8.15. The van der Waals surface area contributed by atoms with Crippen molar-refractivity contribution in [3.63, 3.8) is 0 Å². The first-order chi connectivity index (χ1) is 9.04. The van der Waals surface area contributed by atoms with Gasteiger partial charge in [-0.15, -0.1) is 11.3 Å². The van der Waals surface area contributed by atoms with E-state index in [1.165, 1.54) is 22.1 Å². The second-order valence-electron chi connectivity index (χ2n) is 5.11. The van der Waals surface area contributed by atoms with Crippen LogP contribution in [0.1, 0.15) is 31.1 Å². The van der Waals surface area contributed by atoms with Crippen molar-refractivity contribution in [1.82, 2.24) is 9.62 Å². The van der Waals surface area contributed by atoms with Gasteiger partial charge in [0.1, 0.15) is 0 Å². The number of hydrogen-bond acceptors (Lipinski definition) is 4. The Kier molecular flexibility index (Phi) is 5.00.